The van der Waals surface area contributed by atoms with Crippen molar-refractivity contribution in [1.82, 2.24) is 0 Å². The summed E-state index contributed by atoms with van der Waals surface area (Å²) in [6, 6.07) is 86.5. The van der Waals surface area contributed by atoms with Crippen LogP contribution in [0, 0.1) is 0 Å². The molecule has 300 valence electrons. The van der Waals surface area contributed by atoms with Crippen LogP contribution in [0.4, 0.5) is 17.1 Å². The predicted molar refractivity (Wildman–Crippen MR) is 269 cm³/mol. The van der Waals surface area contributed by atoms with Gasteiger partial charge in [0.25, 0.3) is 0 Å². The second-order valence-corrected chi connectivity index (χ2v) is 17.8. The molecule has 0 spiro atoms. The zero-order chi connectivity index (χ0) is 42.2. The van der Waals surface area contributed by atoms with Gasteiger partial charge in [0.15, 0.2) is 0 Å². The van der Waals surface area contributed by atoms with Crippen molar-refractivity contribution in [2.75, 3.05) is 4.90 Å². The van der Waals surface area contributed by atoms with Crippen molar-refractivity contribution in [3.05, 3.63) is 259 Å². The van der Waals surface area contributed by atoms with E-state index in [1.807, 2.05) is 17.4 Å². The maximum Gasteiger partial charge on any atom is 0.136 e. The summed E-state index contributed by atoms with van der Waals surface area (Å²) >= 11 is 1.86. The number of nitrogens with zero attached hydrogens (tertiary/aromatic N) is 1. The topological polar surface area (TPSA) is 16.4 Å². The van der Waals surface area contributed by atoms with E-state index in [2.05, 4.69) is 235 Å². The van der Waals surface area contributed by atoms with Crippen LogP contribution >= 0.6 is 11.3 Å². The zero-order valence-electron chi connectivity index (χ0n) is 34.8. The number of fused-ring (bicyclic) bond motifs is 9. The van der Waals surface area contributed by atoms with E-state index >= 15 is 0 Å². The first-order chi connectivity index (χ1) is 31.8. The molecule has 0 saturated carbocycles. The smallest absolute Gasteiger partial charge is 0.136 e. The van der Waals surface area contributed by atoms with Gasteiger partial charge < -0.3 is 9.32 Å². The van der Waals surface area contributed by atoms with Crippen molar-refractivity contribution in [3.8, 4) is 33.4 Å². The van der Waals surface area contributed by atoms with Gasteiger partial charge in [0, 0.05) is 47.9 Å². The molecule has 0 unspecified atom stereocenters. The van der Waals surface area contributed by atoms with Crippen LogP contribution < -0.4 is 4.90 Å². The molecule has 2 nitrogen and oxygen atoms in total. The number of rotatable bonds is 7. The highest BCUT2D eigenvalue weighted by Crippen LogP contribution is 2.59. The van der Waals surface area contributed by atoms with E-state index in [-0.39, 0.29) is 0 Å². The molecule has 1 aliphatic rings. The molecule has 12 aromatic rings. The van der Waals surface area contributed by atoms with E-state index in [1.54, 1.807) is 0 Å². The fourth-order valence-corrected chi connectivity index (χ4v) is 11.8. The lowest BCUT2D eigenvalue weighted by molar-refractivity contribution is 0.669. The molecule has 2 heterocycles. The lowest BCUT2D eigenvalue weighted by Gasteiger charge is -2.34. The number of furan rings is 1. The van der Waals surface area contributed by atoms with Crippen LogP contribution in [0.15, 0.2) is 241 Å². The minimum Gasteiger partial charge on any atom is -0.456 e. The first kappa shape index (κ1) is 36.7. The molecule has 64 heavy (non-hydrogen) atoms. The molecule has 0 atom stereocenters. The van der Waals surface area contributed by atoms with Crippen LogP contribution in [-0.2, 0) is 5.41 Å². The zero-order valence-corrected chi connectivity index (χ0v) is 35.6. The standard InChI is InChI=1S/C61H39NOS/c1-3-16-42(17-4-1)61(43-18-5-2-6-19-43)51-25-10-7-20-48(51)60-52(61)26-15-27-53(60)62(44-36-32-40(33-37-44)46-23-13-29-55-58(46)49-21-8-11-28-54(49)63-55)45-38-34-41(35-39-45)47-24-14-31-57-59(47)50-22-9-12-30-56(50)64-57/h1-39H. The summed E-state index contributed by atoms with van der Waals surface area (Å²) in [5, 5.41) is 4.90. The van der Waals surface area contributed by atoms with Crippen molar-refractivity contribution in [3.63, 3.8) is 0 Å². The van der Waals surface area contributed by atoms with E-state index < -0.39 is 5.41 Å². The fourth-order valence-electron chi connectivity index (χ4n) is 10.7. The molecule has 0 N–H and O–H groups in total. The van der Waals surface area contributed by atoms with Gasteiger partial charge >= 0.3 is 0 Å². The molecule has 10 aromatic carbocycles. The Morgan fingerprint density at radius 1 is 0.359 bits per heavy atom. The molecule has 1 aliphatic carbocycles. The summed E-state index contributed by atoms with van der Waals surface area (Å²) in [7, 11) is 0. The Balaban J connectivity index is 1.03. The minimum absolute atomic E-state index is 0.516. The predicted octanol–water partition coefficient (Wildman–Crippen LogP) is 17.1. The lowest BCUT2D eigenvalue weighted by Crippen LogP contribution is -2.28. The van der Waals surface area contributed by atoms with Gasteiger partial charge in [0.05, 0.1) is 11.1 Å². The summed E-state index contributed by atoms with van der Waals surface area (Å²) in [5.74, 6) is 0. The quantitative estimate of drug-likeness (QED) is 0.159. The first-order valence-electron chi connectivity index (χ1n) is 21.9. The van der Waals surface area contributed by atoms with Crippen molar-refractivity contribution >= 4 is 70.5 Å². The highest BCUT2D eigenvalue weighted by atomic mass is 32.1. The number of benzene rings is 10. The van der Waals surface area contributed by atoms with Crippen molar-refractivity contribution in [1.29, 1.82) is 0 Å². The number of thiophene rings is 1. The highest BCUT2D eigenvalue weighted by Gasteiger charge is 2.47. The minimum atomic E-state index is -0.516. The number of para-hydroxylation sites is 1. The Morgan fingerprint density at radius 3 is 1.59 bits per heavy atom. The first-order valence-corrected chi connectivity index (χ1v) is 22.7. The van der Waals surface area contributed by atoms with Gasteiger partial charge in [-0.2, -0.15) is 0 Å². The molecule has 0 bridgehead atoms. The molecule has 3 heteroatoms. The Hall–Kier alpha value is -7.98. The van der Waals surface area contributed by atoms with E-state index in [4.69, 9.17) is 4.42 Å². The van der Waals surface area contributed by atoms with Crippen molar-refractivity contribution in [2.45, 2.75) is 5.41 Å². The molecule has 0 radical (unpaired) electrons. The van der Waals surface area contributed by atoms with Crippen LogP contribution in [-0.4, -0.2) is 0 Å². The maximum atomic E-state index is 6.32. The third-order valence-corrected chi connectivity index (χ3v) is 14.5. The monoisotopic (exact) mass is 833 g/mol. The molecular formula is C61H39NOS. The molecular weight excluding hydrogens is 795 g/mol. The van der Waals surface area contributed by atoms with Gasteiger partial charge in [0.1, 0.15) is 11.2 Å². The number of hydrogen-bond donors (Lipinski definition) is 0. The summed E-state index contributed by atoms with van der Waals surface area (Å²) < 4.78 is 8.94. The van der Waals surface area contributed by atoms with Gasteiger partial charge in [-0.25, -0.2) is 0 Å². The maximum absolute atomic E-state index is 6.32. The lowest BCUT2D eigenvalue weighted by atomic mass is 9.68. The molecule has 13 rings (SSSR count). The summed E-state index contributed by atoms with van der Waals surface area (Å²) in [5.41, 5.74) is 16.9. The molecule has 0 fully saturated rings. The van der Waals surface area contributed by atoms with E-state index in [0.29, 0.717) is 0 Å². The Labute approximate surface area is 375 Å². The van der Waals surface area contributed by atoms with Gasteiger partial charge in [0.2, 0.25) is 0 Å². The van der Waals surface area contributed by atoms with Gasteiger partial charge in [-0.05, 0) is 105 Å². The van der Waals surface area contributed by atoms with Crippen molar-refractivity contribution < 1.29 is 4.42 Å². The normalized spacial score (nSPS) is 12.8. The Kier molecular flexibility index (Phi) is 8.34. The number of anilines is 3. The highest BCUT2D eigenvalue weighted by molar-refractivity contribution is 7.25. The van der Waals surface area contributed by atoms with E-state index in [1.165, 1.54) is 64.7 Å². The number of hydrogen-bond acceptors (Lipinski definition) is 3. The molecule has 2 aromatic heterocycles. The summed E-state index contributed by atoms with van der Waals surface area (Å²) in [4.78, 5) is 2.46. The summed E-state index contributed by atoms with van der Waals surface area (Å²) in [6.45, 7) is 0. The Bertz CT molecular complexity index is 3520. The van der Waals surface area contributed by atoms with Gasteiger partial charge in [-0.1, -0.05) is 182 Å². The second-order valence-electron chi connectivity index (χ2n) is 16.7. The molecule has 0 saturated heterocycles. The average molecular weight is 834 g/mol. The summed E-state index contributed by atoms with van der Waals surface area (Å²) in [6.07, 6.45) is 0. The average Bonchev–Trinajstić information content (AvgIpc) is 4.04. The van der Waals surface area contributed by atoms with Crippen LogP contribution in [0.25, 0.3) is 75.5 Å². The van der Waals surface area contributed by atoms with E-state index in [0.717, 1.165) is 50.1 Å². The van der Waals surface area contributed by atoms with Gasteiger partial charge in [-0.15, -0.1) is 11.3 Å². The second kappa shape index (κ2) is 14.6. The van der Waals surface area contributed by atoms with Crippen LogP contribution in [0.1, 0.15) is 22.3 Å². The van der Waals surface area contributed by atoms with Crippen molar-refractivity contribution in [2.24, 2.45) is 0 Å². The fraction of sp³-hybridized carbons (Fsp3) is 0.0164. The van der Waals surface area contributed by atoms with Crippen LogP contribution in [0.3, 0.4) is 0 Å². The largest absolute Gasteiger partial charge is 0.456 e. The van der Waals surface area contributed by atoms with Crippen LogP contribution in [0.5, 0.6) is 0 Å². The molecule has 0 amide bonds. The SMILES string of the molecule is c1ccc(C2(c3ccccc3)c3ccccc3-c3c(N(c4ccc(-c5cccc6oc7ccccc7c56)cc4)c4ccc(-c5cccc6sc7ccccc7c56)cc4)cccc32)cc1. The third kappa shape index (κ3) is 5.44. The van der Waals surface area contributed by atoms with Crippen LogP contribution in [0.2, 0.25) is 0 Å². The third-order valence-electron chi connectivity index (χ3n) is 13.4. The van der Waals surface area contributed by atoms with Gasteiger partial charge in [-0.3, -0.25) is 0 Å². The molecule has 0 aliphatic heterocycles. The van der Waals surface area contributed by atoms with E-state index in [9.17, 15) is 0 Å². The Morgan fingerprint density at radius 2 is 0.875 bits per heavy atom.